The molecule has 0 aliphatic heterocycles. The van der Waals surface area contributed by atoms with Crippen molar-refractivity contribution in [3.8, 4) is 0 Å². The normalized spacial score (nSPS) is 10.5. The van der Waals surface area contributed by atoms with Gasteiger partial charge in [0.05, 0.1) is 0 Å². The Morgan fingerprint density at radius 3 is 0.818 bits per heavy atom. The summed E-state index contributed by atoms with van der Waals surface area (Å²) in [7, 11) is -8.33. The van der Waals surface area contributed by atoms with E-state index in [0.29, 0.717) is 0 Å². The van der Waals surface area contributed by atoms with Gasteiger partial charge in [0, 0.05) is 0 Å². The summed E-state index contributed by atoms with van der Waals surface area (Å²) in [6.45, 7) is 0. The average Bonchev–Trinajstić information content (AvgIpc) is 1.12. The molecule has 0 spiro atoms. The summed E-state index contributed by atoms with van der Waals surface area (Å²) >= 11 is 0. The molecule has 0 rings (SSSR count). The van der Waals surface area contributed by atoms with Crippen molar-refractivity contribution < 1.29 is 42.4 Å². The summed E-state index contributed by atoms with van der Waals surface area (Å²) < 4.78 is 53.8. The van der Waals surface area contributed by atoms with Gasteiger partial charge in [0.2, 0.25) is 0 Å². The van der Waals surface area contributed by atoms with Gasteiger partial charge in [0.15, 0.2) is 0 Å². The van der Waals surface area contributed by atoms with Crippen LogP contribution in [0.15, 0.2) is 0 Å². The second-order valence-corrected chi connectivity index (χ2v) is 3.35. The van der Waals surface area contributed by atoms with Crippen molar-refractivity contribution >= 4 is 20.2 Å². The van der Waals surface area contributed by atoms with Crippen molar-refractivity contribution in [2.75, 3.05) is 0 Å². The van der Waals surface area contributed by atoms with Gasteiger partial charge in [-0.1, -0.05) is 0 Å². The van der Waals surface area contributed by atoms with E-state index in [2.05, 4.69) is 12.5 Å². The first-order valence-corrected chi connectivity index (χ1v) is 4.73. The Morgan fingerprint density at radius 2 is 0.818 bits per heavy atom. The first-order chi connectivity index (χ1) is 4.00. The molecule has 0 radical (unpaired) electrons. The maximum atomic E-state index is 8.97. The Kier molecular flexibility index (Phi) is 9.34. The molecule has 0 fully saturated rings. The van der Waals surface area contributed by atoms with E-state index in [9.17, 15) is 0 Å². The van der Waals surface area contributed by atoms with Crippen molar-refractivity contribution in [1.29, 1.82) is 0 Å². The third-order valence-electron chi connectivity index (χ3n) is 0. The molecule has 0 saturated heterocycles. The predicted molar refractivity (Wildman–Crippen MR) is 30.1 cm³/mol. The topological polar surface area (TPSA) is 114 Å². The molecule has 0 atom stereocenters. The summed E-state index contributed by atoms with van der Waals surface area (Å²) in [6, 6.07) is 0. The third-order valence-corrected chi connectivity index (χ3v) is 0. The second kappa shape index (κ2) is 5.90. The Bertz CT molecular complexity index is 215. The van der Waals surface area contributed by atoms with Crippen LogP contribution < -0.4 is 0 Å². The van der Waals surface area contributed by atoms with Crippen LogP contribution in [0.1, 0.15) is 0 Å². The van der Waals surface area contributed by atoms with E-state index in [1.165, 1.54) is 0 Å². The standard InChI is InChI=1S/2CH3O3S.Ni/c2*1-5(2,3)4;/h2*1H2,(H,2,3,4);/q2*-1;+2/p-2. The van der Waals surface area contributed by atoms with Crippen molar-refractivity contribution in [2.45, 2.75) is 0 Å². The summed E-state index contributed by atoms with van der Waals surface area (Å²) in [5, 5.41) is 0. The predicted octanol–water partition coefficient (Wildman–Crippen LogP) is -1.36. The summed E-state index contributed by atoms with van der Waals surface area (Å²) in [4.78, 5) is 0. The van der Waals surface area contributed by atoms with E-state index in [-0.39, 0.29) is 16.5 Å². The molecule has 0 unspecified atom stereocenters. The van der Waals surface area contributed by atoms with Crippen molar-refractivity contribution in [1.82, 2.24) is 0 Å². The van der Waals surface area contributed by atoms with Crippen LogP contribution in [0.2, 0.25) is 0 Å². The van der Waals surface area contributed by atoms with Crippen LogP contribution in [0.4, 0.5) is 0 Å². The molecule has 0 bridgehead atoms. The summed E-state index contributed by atoms with van der Waals surface area (Å²) in [5.41, 5.74) is 0. The van der Waals surface area contributed by atoms with Gasteiger partial charge in [-0.25, -0.2) is 12.5 Å². The minimum atomic E-state index is -4.17. The molecule has 9 heteroatoms. The first kappa shape index (κ1) is 17.4. The van der Waals surface area contributed by atoms with E-state index in [0.717, 1.165) is 0 Å². The molecule has 0 aromatic rings. The zero-order valence-corrected chi connectivity index (χ0v) is 7.62. The minimum Gasteiger partial charge on any atom is -0.774 e. The summed E-state index contributed by atoms with van der Waals surface area (Å²) in [6.07, 6.45) is 4.38. The quantitative estimate of drug-likeness (QED) is 0.296. The van der Waals surface area contributed by atoms with Gasteiger partial charge in [-0.15, -0.1) is 0 Å². The second-order valence-electron chi connectivity index (χ2n) is 1.12. The largest absolute Gasteiger partial charge is 2.00 e. The molecule has 6 nitrogen and oxygen atoms in total. The van der Waals surface area contributed by atoms with E-state index >= 15 is 0 Å². The molecule has 0 aliphatic rings. The molecular formula is C2H4NiO6S2-2. The fourth-order valence-electron chi connectivity index (χ4n) is 0. The first-order valence-electron chi connectivity index (χ1n) is 1.58. The summed E-state index contributed by atoms with van der Waals surface area (Å²) in [5.74, 6) is 0. The van der Waals surface area contributed by atoms with Crippen molar-refractivity contribution in [2.24, 2.45) is 0 Å². The number of hydrogen-bond acceptors (Lipinski definition) is 6. The maximum absolute atomic E-state index is 8.97. The van der Waals surface area contributed by atoms with E-state index in [1.54, 1.807) is 0 Å². The van der Waals surface area contributed by atoms with Crippen LogP contribution in [0.5, 0.6) is 0 Å². The van der Waals surface area contributed by atoms with E-state index < -0.39 is 20.2 Å². The van der Waals surface area contributed by atoms with Gasteiger partial charge in [-0.05, 0) is 20.2 Å². The van der Waals surface area contributed by atoms with Crippen molar-refractivity contribution in [3.05, 3.63) is 12.5 Å². The van der Waals surface area contributed by atoms with Crippen molar-refractivity contribution in [3.63, 3.8) is 0 Å². The molecular weight excluding hydrogens is 243 g/mol. The SMILES string of the molecule is [CH2-]S(=O)(=O)[O-].[CH2-]S(=O)(=O)[O-].[Ni+2]. The maximum Gasteiger partial charge on any atom is 2.00 e. The zero-order chi connectivity index (χ0) is 9.00. The van der Waals surface area contributed by atoms with Gasteiger partial charge in [-0.3, -0.25) is 16.8 Å². The van der Waals surface area contributed by atoms with Gasteiger partial charge in [-0.2, -0.15) is 0 Å². The molecule has 0 saturated carbocycles. The Morgan fingerprint density at radius 1 is 0.818 bits per heavy atom. The Balaban J connectivity index is -0.000000107. The molecule has 0 amide bonds. The van der Waals surface area contributed by atoms with E-state index in [1.807, 2.05) is 0 Å². The van der Waals surface area contributed by atoms with E-state index in [4.69, 9.17) is 25.9 Å². The van der Waals surface area contributed by atoms with Crippen LogP contribution >= 0.6 is 0 Å². The molecule has 0 aliphatic carbocycles. The Hall–Kier alpha value is 0.314. The fraction of sp³-hybridized carbons (Fsp3) is 0. The van der Waals surface area contributed by atoms with Crippen LogP contribution in [-0.4, -0.2) is 25.9 Å². The number of rotatable bonds is 0. The average molecular weight is 247 g/mol. The van der Waals surface area contributed by atoms with Crippen LogP contribution in [0.3, 0.4) is 0 Å². The van der Waals surface area contributed by atoms with Gasteiger partial charge in [0.1, 0.15) is 0 Å². The van der Waals surface area contributed by atoms with Gasteiger partial charge < -0.3 is 9.11 Å². The van der Waals surface area contributed by atoms with Gasteiger partial charge >= 0.3 is 16.5 Å². The van der Waals surface area contributed by atoms with Crippen LogP contribution in [-0.2, 0) is 36.7 Å². The minimum absolute atomic E-state index is 0. The molecule has 11 heavy (non-hydrogen) atoms. The smallest absolute Gasteiger partial charge is 0.774 e. The van der Waals surface area contributed by atoms with Crippen LogP contribution in [0, 0.1) is 12.5 Å². The monoisotopic (exact) mass is 246 g/mol. The third kappa shape index (κ3) is 7250. The fourth-order valence-corrected chi connectivity index (χ4v) is 0. The molecule has 0 aromatic heterocycles. The van der Waals surface area contributed by atoms with Crippen LogP contribution in [0.25, 0.3) is 0 Å². The number of hydrogen-bond donors (Lipinski definition) is 0. The Labute approximate surface area is 75.4 Å². The molecule has 0 aromatic carbocycles. The molecule has 0 heterocycles. The zero-order valence-electron chi connectivity index (χ0n) is 5.00. The molecule has 72 valence electrons. The molecule has 0 N–H and O–H groups in total. The van der Waals surface area contributed by atoms with Gasteiger partial charge in [0.25, 0.3) is 0 Å².